The Bertz CT molecular complexity index is 310. The minimum absolute atomic E-state index is 0.0455. The average Bonchev–Trinajstić information content (AvgIpc) is 2.37. The highest BCUT2D eigenvalue weighted by molar-refractivity contribution is 5.81. The summed E-state index contributed by atoms with van der Waals surface area (Å²) >= 11 is 0. The van der Waals surface area contributed by atoms with E-state index < -0.39 is 5.97 Å². The van der Waals surface area contributed by atoms with E-state index in [9.17, 15) is 9.59 Å². The summed E-state index contributed by atoms with van der Waals surface area (Å²) in [6.45, 7) is 5.62. The number of rotatable bonds is 7. The molecule has 0 spiro atoms. The molecule has 0 saturated carbocycles. The van der Waals surface area contributed by atoms with E-state index >= 15 is 0 Å². The molecular weight excluding hydrogens is 244 g/mol. The van der Waals surface area contributed by atoms with Crippen molar-refractivity contribution in [3.63, 3.8) is 0 Å². The van der Waals surface area contributed by atoms with E-state index in [1.54, 1.807) is 0 Å². The first kappa shape index (κ1) is 16.0. The molecule has 1 amide bonds. The van der Waals surface area contributed by atoms with E-state index in [2.05, 4.69) is 10.6 Å². The van der Waals surface area contributed by atoms with Crippen LogP contribution in [0.15, 0.2) is 0 Å². The summed E-state index contributed by atoms with van der Waals surface area (Å²) in [4.78, 5) is 22.4. The minimum Gasteiger partial charge on any atom is -0.481 e. The quantitative estimate of drug-likeness (QED) is 0.655. The number of nitrogens with one attached hydrogen (secondary N) is 2. The number of carbonyl (C=O) groups is 2. The van der Waals surface area contributed by atoms with Gasteiger partial charge in [0.15, 0.2) is 0 Å². The van der Waals surface area contributed by atoms with Gasteiger partial charge in [0, 0.05) is 13.0 Å². The van der Waals surface area contributed by atoms with Gasteiger partial charge in [-0.3, -0.25) is 9.59 Å². The number of amides is 1. The number of carbonyl (C=O) groups excluding carboxylic acids is 1. The van der Waals surface area contributed by atoms with Crippen LogP contribution >= 0.6 is 0 Å². The fourth-order valence-corrected chi connectivity index (χ4v) is 2.29. The maximum Gasteiger partial charge on any atom is 0.303 e. The van der Waals surface area contributed by atoms with Crippen molar-refractivity contribution in [2.75, 3.05) is 13.1 Å². The molecule has 1 rings (SSSR count). The van der Waals surface area contributed by atoms with Crippen LogP contribution in [0.3, 0.4) is 0 Å². The summed E-state index contributed by atoms with van der Waals surface area (Å²) in [6.07, 6.45) is 4.79. The Hall–Kier alpha value is -1.10. The monoisotopic (exact) mass is 270 g/mol. The predicted molar refractivity (Wildman–Crippen MR) is 73.9 cm³/mol. The molecule has 110 valence electrons. The fraction of sp³-hybridized carbons (Fsp3) is 0.857. The average molecular weight is 270 g/mol. The molecule has 3 N–H and O–H groups in total. The molecule has 1 atom stereocenters. The zero-order valence-corrected chi connectivity index (χ0v) is 12.0. The standard InChI is InChI=1S/C14H26N2O3/c1-14(2,7-6-12(17)18)8-10-16-13(19)11-5-3-4-9-15-11/h11,15H,3-10H2,1-2H3,(H,16,19)(H,17,18). The third-order valence-electron chi connectivity index (χ3n) is 3.74. The molecule has 0 aliphatic carbocycles. The third kappa shape index (κ3) is 6.57. The highest BCUT2D eigenvalue weighted by Crippen LogP contribution is 2.26. The first-order valence-corrected chi connectivity index (χ1v) is 7.14. The van der Waals surface area contributed by atoms with Crippen molar-refractivity contribution in [1.82, 2.24) is 10.6 Å². The van der Waals surface area contributed by atoms with Gasteiger partial charge in [-0.05, 0) is 37.6 Å². The summed E-state index contributed by atoms with van der Waals surface area (Å²) in [5, 5.41) is 14.8. The maximum atomic E-state index is 11.9. The molecule has 1 aliphatic rings. The van der Waals surface area contributed by atoms with Crippen molar-refractivity contribution < 1.29 is 14.7 Å². The van der Waals surface area contributed by atoms with Gasteiger partial charge in [0.2, 0.25) is 5.91 Å². The van der Waals surface area contributed by atoms with Crippen LogP contribution in [0.4, 0.5) is 0 Å². The lowest BCUT2D eigenvalue weighted by molar-refractivity contribution is -0.137. The minimum atomic E-state index is -0.761. The Morgan fingerprint density at radius 1 is 1.32 bits per heavy atom. The van der Waals surface area contributed by atoms with Gasteiger partial charge in [-0.15, -0.1) is 0 Å². The number of hydrogen-bond donors (Lipinski definition) is 3. The summed E-state index contributed by atoms with van der Waals surface area (Å²) in [5.41, 5.74) is -0.0499. The molecule has 19 heavy (non-hydrogen) atoms. The molecule has 5 nitrogen and oxygen atoms in total. The van der Waals surface area contributed by atoms with E-state index in [0.29, 0.717) is 13.0 Å². The van der Waals surface area contributed by atoms with Crippen LogP contribution in [0.25, 0.3) is 0 Å². The molecule has 0 aromatic rings. The molecule has 1 unspecified atom stereocenters. The zero-order chi connectivity index (χ0) is 14.3. The second-order valence-corrected chi connectivity index (χ2v) is 6.10. The van der Waals surface area contributed by atoms with Crippen molar-refractivity contribution in [3.8, 4) is 0 Å². The molecule has 5 heteroatoms. The molecule has 1 aliphatic heterocycles. The maximum absolute atomic E-state index is 11.9. The van der Waals surface area contributed by atoms with E-state index in [4.69, 9.17) is 5.11 Å². The Morgan fingerprint density at radius 3 is 2.63 bits per heavy atom. The van der Waals surface area contributed by atoms with Crippen molar-refractivity contribution in [1.29, 1.82) is 0 Å². The SMILES string of the molecule is CC(C)(CCNC(=O)C1CCCCN1)CCC(=O)O. The predicted octanol–water partition coefficient (Wildman–Crippen LogP) is 1.53. The highest BCUT2D eigenvalue weighted by atomic mass is 16.4. The first-order valence-electron chi connectivity index (χ1n) is 7.14. The van der Waals surface area contributed by atoms with Gasteiger partial charge in [-0.1, -0.05) is 20.3 Å². The smallest absolute Gasteiger partial charge is 0.303 e. The van der Waals surface area contributed by atoms with Crippen LogP contribution in [0.5, 0.6) is 0 Å². The number of hydrogen-bond acceptors (Lipinski definition) is 3. The van der Waals surface area contributed by atoms with Crippen LogP contribution in [0, 0.1) is 5.41 Å². The van der Waals surface area contributed by atoms with E-state index in [1.165, 1.54) is 0 Å². The topological polar surface area (TPSA) is 78.4 Å². The molecule has 0 bridgehead atoms. The molecular formula is C14H26N2O3. The molecule has 1 fully saturated rings. The van der Waals surface area contributed by atoms with Gasteiger partial charge in [0.05, 0.1) is 6.04 Å². The Balaban J connectivity index is 2.20. The second kappa shape index (κ2) is 7.48. The first-order chi connectivity index (χ1) is 8.91. The molecule has 0 aromatic carbocycles. The van der Waals surface area contributed by atoms with Crippen molar-refractivity contribution in [2.24, 2.45) is 5.41 Å². The highest BCUT2D eigenvalue weighted by Gasteiger charge is 2.22. The van der Waals surface area contributed by atoms with Crippen LogP contribution < -0.4 is 10.6 Å². The fourth-order valence-electron chi connectivity index (χ4n) is 2.29. The number of aliphatic carboxylic acids is 1. The number of piperidine rings is 1. The van der Waals surface area contributed by atoms with Gasteiger partial charge >= 0.3 is 5.97 Å². The number of carboxylic acids is 1. The Kier molecular flexibility index (Phi) is 6.28. The third-order valence-corrected chi connectivity index (χ3v) is 3.74. The second-order valence-electron chi connectivity index (χ2n) is 6.10. The normalized spacial score (nSPS) is 20.0. The van der Waals surface area contributed by atoms with Crippen LogP contribution in [-0.2, 0) is 9.59 Å². The largest absolute Gasteiger partial charge is 0.481 e. The molecule has 1 heterocycles. The summed E-state index contributed by atoms with van der Waals surface area (Å²) < 4.78 is 0. The van der Waals surface area contributed by atoms with Gasteiger partial charge in [0.1, 0.15) is 0 Å². The van der Waals surface area contributed by atoms with Gasteiger partial charge in [-0.2, -0.15) is 0 Å². The summed E-state index contributed by atoms with van der Waals surface area (Å²) in [5.74, 6) is -0.683. The molecule has 1 saturated heterocycles. The van der Waals surface area contributed by atoms with Crippen LogP contribution in [0.2, 0.25) is 0 Å². The van der Waals surface area contributed by atoms with E-state index in [0.717, 1.165) is 32.2 Å². The summed E-state index contributed by atoms with van der Waals surface area (Å²) in [6, 6.07) is -0.0455. The lowest BCUT2D eigenvalue weighted by Crippen LogP contribution is -2.47. The van der Waals surface area contributed by atoms with Gasteiger partial charge in [0.25, 0.3) is 0 Å². The van der Waals surface area contributed by atoms with Crippen LogP contribution in [-0.4, -0.2) is 36.1 Å². The Morgan fingerprint density at radius 2 is 2.05 bits per heavy atom. The zero-order valence-electron chi connectivity index (χ0n) is 12.0. The lowest BCUT2D eigenvalue weighted by atomic mass is 9.84. The van der Waals surface area contributed by atoms with E-state index in [-0.39, 0.29) is 23.8 Å². The van der Waals surface area contributed by atoms with Crippen molar-refractivity contribution in [3.05, 3.63) is 0 Å². The van der Waals surface area contributed by atoms with Crippen LogP contribution in [0.1, 0.15) is 52.4 Å². The van der Waals surface area contributed by atoms with Crippen molar-refractivity contribution >= 4 is 11.9 Å². The Labute approximate surface area is 115 Å². The number of carboxylic acid groups (broad SMARTS) is 1. The summed E-state index contributed by atoms with van der Waals surface area (Å²) in [7, 11) is 0. The molecule has 0 radical (unpaired) electrons. The molecule has 0 aromatic heterocycles. The van der Waals surface area contributed by atoms with Crippen molar-refractivity contribution in [2.45, 2.75) is 58.4 Å². The van der Waals surface area contributed by atoms with Gasteiger partial charge < -0.3 is 15.7 Å². The van der Waals surface area contributed by atoms with E-state index in [1.807, 2.05) is 13.8 Å². The lowest BCUT2D eigenvalue weighted by Gasteiger charge is -2.26. The van der Waals surface area contributed by atoms with Gasteiger partial charge in [-0.25, -0.2) is 0 Å².